The fourth-order valence-electron chi connectivity index (χ4n) is 0. The Balaban J connectivity index is 0. The monoisotopic (exact) mass is 174 g/mol. The quantitative estimate of drug-likeness (QED) is 0.294. The summed E-state index contributed by atoms with van der Waals surface area (Å²) < 4.78 is 8.88. The molecule has 56 valence electrons. The van der Waals surface area contributed by atoms with Crippen LogP contribution < -0.4 is 0 Å². The van der Waals surface area contributed by atoms with E-state index in [0.29, 0.717) is 0 Å². The third-order valence-electron chi connectivity index (χ3n) is 0. The van der Waals surface area contributed by atoms with E-state index in [9.17, 15) is 4.79 Å². The Morgan fingerprint density at radius 3 is 1.44 bits per heavy atom. The fourth-order valence-corrected chi connectivity index (χ4v) is 0. The van der Waals surface area contributed by atoms with Crippen LogP contribution in [0.1, 0.15) is 6.92 Å². The van der Waals surface area contributed by atoms with Crippen molar-refractivity contribution in [3.8, 4) is 0 Å². The van der Waals surface area contributed by atoms with E-state index in [-0.39, 0.29) is 5.12 Å². The van der Waals surface area contributed by atoms with Gasteiger partial charge in [-0.25, -0.2) is 4.57 Å². The lowest BCUT2D eigenvalue weighted by molar-refractivity contribution is -0.108. The summed E-state index contributed by atoms with van der Waals surface area (Å²) in [5.41, 5.74) is 0. The molecule has 7 heteroatoms. The molecule has 0 unspecified atom stereocenters. The molecule has 9 heavy (non-hydrogen) atoms. The molecule has 0 aromatic rings. The lowest BCUT2D eigenvalue weighted by Gasteiger charge is -1.82. The van der Waals surface area contributed by atoms with Crippen LogP contribution in [0.3, 0.4) is 0 Å². The smallest absolute Gasteiger partial charge is 0.303 e. The minimum absolute atomic E-state index is 0.139. The second kappa shape index (κ2) is 4.96. The summed E-state index contributed by atoms with van der Waals surface area (Å²) in [6.07, 6.45) is 0. The Bertz CT molecular complexity index is 115. The summed E-state index contributed by atoms with van der Waals surface area (Å²) in [5, 5.41) is -0.139. The zero-order chi connectivity index (χ0) is 8.08. The van der Waals surface area contributed by atoms with Crippen LogP contribution in [-0.4, -0.2) is 19.8 Å². The SMILES string of the molecule is CC(=O)S.O=P(O)(O)O. The van der Waals surface area contributed by atoms with Gasteiger partial charge in [0, 0.05) is 6.92 Å². The van der Waals surface area contributed by atoms with Crippen LogP contribution in [0.2, 0.25) is 0 Å². The van der Waals surface area contributed by atoms with Crippen LogP contribution in [0.5, 0.6) is 0 Å². The van der Waals surface area contributed by atoms with Crippen molar-refractivity contribution >= 4 is 25.6 Å². The van der Waals surface area contributed by atoms with E-state index >= 15 is 0 Å². The van der Waals surface area contributed by atoms with Crippen molar-refractivity contribution in [2.24, 2.45) is 0 Å². The standard InChI is InChI=1S/C2H4OS.H3O4P/c1-2(3)4;1-5(2,3)4/h1H3,(H,3,4);(H3,1,2,3,4). The predicted octanol–water partition coefficient (Wildman–Crippen LogP) is -0.466. The van der Waals surface area contributed by atoms with Gasteiger partial charge in [-0.1, -0.05) is 0 Å². The van der Waals surface area contributed by atoms with Gasteiger partial charge < -0.3 is 14.7 Å². The number of carbonyl (C=O) groups excluding carboxylic acids is 1. The third kappa shape index (κ3) is 18100. The first-order chi connectivity index (χ1) is 3.73. The lowest BCUT2D eigenvalue weighted by atomic mass is 10.9. The molecule has 0 aromatic heterocycles. The Morgan fingerprint density at radius 2 is 1.44 bits per heavy atom. The van der Waals surface area contributed by atoms with Crippen LogP contribution in [0, 0.1) is 0 Å². The molecular weight excluding hydrogens is 167 g/mol. The Morgan fingerprint density at radius 1 is 1.44 bits per heavy atom. The highest BCUT2D eigenvalue weighted by atomic mass is 32.1. The van der Waals surface area contributed by atoms with Gasteiger partial charge >= 0.3 is 7.82 Å². The van der Waals surface area contributed by atoms with Crippen molar-refractivity contribution < 1.29 is 24.0 Å². The molecule has 3 N–H and O–H groups in total. The third-order valence-corrected chi connectivity index (χ3v) is 0. The molecule has 0 aliphatic heterocycles. The zero-order valence-corrected chi connectivity index (χ0v) is 6.34. The fraction of sp³-hybridized carbons (Fsp3) is 0.500. The molecule has 0 aromatic carbocycles. The van der Waals surface area contributed by atoms with Gasteiger partial charge in [0.25, 0.3) is 0 Å². The maximum absolute atomic E-state index is 9.31. The molecule has 0 radical (unpaired) electrons. The van der Waals surface area contributed by atoms with E-state index in [1.54, 1.807) is 0 Å². The van der Waals surface area contributed by atoms with Gasteiger partial charge in [0.1, 0.15) is 0 Å². The average Bonchev–Trinajstić information content (AvgIpc) is 1.19. The van der Waals surface area contributed by atoms with E-state index in [1.165, 1.54) is 6.92 Å². The van der Waals surface area contributed by atoms with Crippen LogP contribution in [0.4, 0.5) is 0 Å². The zero-order valence-electron chi connectivity index (χ0n) is 4.55. The first-order valence-corrected chi connectivity index (χ1v) is 3.72. The summed E-state index contributed by atoms with van der Waals surface area (Å²) in [5.74, 6) is 0. The molecular formula is C2H7O5PS. The number of hydrogen-bond donors (Lipinski definition) is 4. The lowest BCUT2D eigenvalue weighted by Crippen LogP contribution is -1.66. The van der Waals surface area contributed by atoms with Crippen LogP contribution in [0.25, 0.3) is 0 Å². The van der Waals surface area contributed by atoms with Crippen molar-refractivity contribution in [3.05, 3.63) is 0 Å². The normalized spacial score (nSPS) is 9.44. The highest BCUT2D eigenvalue weighted by Gasteiger charge is 2.00. The number of hydrogen-bond acceptors (Lipinski definition) is 2. The number of phosphoric acid groups is 1. The molecule has 0 atom stereocenters. The highest BCUT2D eigenvalue weighted by Crippen LogP contribution is 2.25. The minimum atomic E-state index is -4.64. The number of rotatable bonds is 0. The topological polar surface area (TPSA) is 94.8 Å². The van der Waals surface area contributed by atoms with Gasteiger partial charge in [-0.15, -0.1) is 12.6 Å². The average molecular weight is 174 g/mol. The Kier molecular flexibility index (Phi) is 6.54. The molecule has 0 fully saturated rings. The molecule has 5 nitrogen and oxygen atoms in total. The van der Waals surface area contributed by atoms with Crippen LogP contribution >= 0.6 is 20.5 Å². The van der Waals surface area contributed by atoms with Gasteiger partial charge in [0.05, 0.1) is 0 Å². The maximum Gasteiger partial charge on any atom is 0.466 e. The van der Waals surface area contributed by atoms with Crippen molar-refractivity contribution in [2.75, 3.05) is 0 Å². The Hall–Kier alpha value is 0.130. The first kappa shape index (κ1) is 11.9. The van der Waals surface area contributed by atoms with E-state index in [4.69, 9.17) is 19.2 Å². The molecule has 0 spiro atoms. The van der Waals surface area contributed by atoms with Crippen molar-refractivity contribution in [3.63, 3.8) is 0 Å². The van der Waals surface area contributed by atoms with E-state index in [0.717, 1.165) is 0 Å². The second-order valence-corrected chi connectivity index (χ2v) is 2.69. The molecule has 0 bridgehead atoms. The Labute approximate surface area is 57.4 Å². The van der Waals surface area contributed by atoms with Gasteiger partial charge in [-0.3, -0.25) is 4.79 Å². The summed E-state index contributed by atoms with van der Waals surface area (Å²) in [6, 6.07) is 0. The summed E-state index contributed by atoms with van der Waals surface area (Å²) >= 11 is 3.33. The molecule has 0 saturated carbocycles. The molecule has 0 saturated heterocycles. The van der Waals surface area contributed by atoms with Gasteiger partial charge in [-0.05, 0) is 0 Å². The van der Waals surface area contributed by atoms with E-state index in [1.807, 2.05) is 0 Å². The largest absolute Gasteiger partial charge is 0.466 e. The molecule has 0 aliphatic carbocycles. The number of thiol groups is 1. The molecule has 0 amide bonds. The molecule has 0 aliphatic rings. The minimum Gasteiger partial charge on any atom is -0.303 e. The maximum atomic E-state index is 9.31. The van der Waals surface area contributed by atoms with Gasteiger partial charge in [0.15, 0.2) is 5.12 Å². The van der Waals surface area contributed by atoms with Crippen LogP contribution in [-0.2, 0) is 9.36 Å². The van der Waals surface area contributed by atoms with Crippen LogP contribution in [0.15, 0.2) is 0 Å². The second-order valence-electron chi connectivity index (χ2n) is 1.03. The van der Waals surface area contributed by atoms with Crippen molar-refractivity contribution in [1.82, 2.24) is 0 Å². The summed E-state index contributed by atoms with van der Waals surface area (Å²) in [6.45, 7) is 1.39. The van der Waals surface area contributed by atoms with Gasteiger partial charge in [0.2, 0.25) is 0 Å². The van der Waals surface area contributed by atoms with Gasteiger partial charge in [-0.2, -0.15) is 0 Å². The summed E-state index contributed by atoms with van der Waals surface area (Å²) in [4.78, 5) is 30.9. The van der Waals surface area contributed by atoms with E-state index < -0.39 is 7.82 Å². The predicted molar refractivity (Wildman–Crippen MR) is 33.9 cm³/mol. The van der Waals surface area contributed by atoms with Crippen molar-refractivity contribution in [2.45, 2.75) is 6.92 Å². The summed E-state index contributed by atoms with van der Waals surface area (Å²) in [7, 11) is -4.64. The van der Waals surface area contributed by atoms with Crippen molar-refractivity contribution in [1.29, 1.82) is 0 Å². The first-order valence-electron chi connectivity index (χ1n) is 1.71. The molecule has 0 heterocycles. The molecule has 0 rings (SSSR count). The van der Waals surface area contributed by atoms with E-state index in [2.05, 4.69) is 12.6 Å². The number of carbonyl (C=O) groups is 1. The highest BCUT2D eigenvalue weighted by molar-refractivity contribution is 7.96.